The normalized spacial score (nSPS) is 11.2. The highest BCUT2D eigenvalue weighted by Gasteiger charge is 2.18. The zero-order chi connectivity index (χ0) is 36.9. The third-order valence-corrected chi connectivity index (χ3v) is 10.8. The molecule has 0 amide bonds. The molecule has 9 aromatic carbocycles. The second-order valence-electron chi connectivity index (χ2n) is 13.9. The van der Waals surface area contributed by atoms with Gasteiger partial charge in [0.1, 0.15) is 0 Å². The molecule has 0 N–H and O–H groups in total. The van der Waals surface area contributed by atoms with E-state index in [1.54, 1.807) is 0 Å². The minimum Gasteiger partial charge on any atom is -0.309 e. The van der Waals surface area contributed by atoms with Crippen molar-refractivity contribution in [2.45, 2.75) is 0 Å². The van der Waals surface area contributed by atoms with Gasteiger partial charge in [-0.3, -0.25) is 0 Å². The summed E-state index contributed by atoms with van der Waals surface area (Å²) in [6, 6.07) is 70.2. The molecule has 0 atom stereocenters. The third-order valence-electron chi connectivity index (χ3n) is 10.8. The van der Waals surface area contributed by atoms with E-state index in [0.717, 1.165) is 55.3 Å². The Morgan fingerprint density at radius 3 is 1.27 bits per heavy atom. The Labute approximate surface area is 318 Å². The Kier molecular flexibility index (Phi) is 7.58. The summed E-state index contributed by atoms with van der Waals surface area (Å²) < 4.78 is 2.23. The van der Waals surface area contributed by atoms with Crippen LogP contribution in [0.1, 0.15) is 11.1 Å². The lowest BCUT2D eigenvalue weighted by Crippen LogP contribution is -1.96. The van der Waals surface area contributed by atoms with Gasteiger partial charge in [-0.15, -0.1) is 0 Å². The van der Waals surface area contributed by atoms with Crippen LogP contribution >= 0.6 is 0 Å². The predicted octanol–water partition coefficient (Wildman–Crippen LogP) is 13.5. The largest absolute Gasteiger partial charge is 0.309 e. The average Bonchev–Trinajstić information content (AvgIpc) is 3.60. The molecule has 0 unspecified atom stereocenters. The summed E-state index contributed by atoms with van der Waals surface area (Å²) in [5.74, 6) is 0. The first-order valence-corrected chi connectivity index (χ1v) is 18.4. The van der Waals surface area contributed by atoms with E-state index >= 15 is 0 Å². The van der Waals surface area contributed by atoms with E-state index in [1.807, 2.05) is 36.4 Å². The highest BCUT2D eigenvalue weighted by Crippen LogP contribution is 2.44. The molecule has 254 valence electrons. The summed E-state index contributed by atoms with van der Waals surface area (Å²) in [6.45, 7) is 0. The molecule has 1 aromatic heterocycles. The lowest BCUT2D eigenvalue weighted by molar-refractivity contribution is 1.18. The Balaban J connectivity index is 1.15. The van der Waals surface area contributed by atoms with Crippen molar-refractivity contribution >= 4 is 43.4 Å². The molecule has 0 aliphatic rings. The molecule has 0 spiro atoms. The van der Waals surface area contributed by atoms with Crippen molar-refractivity contribution in [2.24, 2.45) is 0 Å². The van der Waals surface area contributed by atoms with Crippen molar-refractivity contribution in [1.82, 2.24) is 4.57 Å². The van der Waals surface area contributed by atoms with Gasteiger partial charge in [-0.1, -0.05) is 133 Å². The van der Waals surface area contributed by atoms with Gasteiger partial charge >= 0.3 is 0 Å². The highest BCUT2D eigenvalue weighted by atomic mass is 15.0. The Hall–Kier alpha value is -7.72. The van der Waals surface area contributed by atoms with Gasteiger partial charge in [-0.25, -0.2) is 0 Å². The van der Waals surface area contributed by atoms with Gasteiger partial charge in [-0.2, -0.15) is 10.5 Å². The van der Waals surface area contributed by atoms with Crippen LogP contribution in [0.3, 0.4) is 0 Å². The maximum atomic E-state index is 10.3. The van der Waals surface area contributed by atoms with Crippen molar-refractivity contribution in [3.8, 4) is 62.3 Å². The van der Waals surface area contributed by atoms with Crippen LogP contribution in [0.25, 0.3) is 93.5 Å². The molecular weight excluding hydrogens is 667 g/mol. The zero-order valence-electron chi connectivity index (χ0n) is 29.7. The fraction of sp³-hybridized carbons (Fsp3) is 0. The van der Waals surface area contributed by atoms with E-state index in [1.165, 1.54) is 38.2 Å². The van der Waals surface area contributed by atoms with Gasteiger partial charge in [0.2, 0.25) is 0 Å². The number of rotatable bonds is 5. The molecule has 0 bridgehead atoms. The van der Waals surface area contributed by atoms with Crippen LogP contribution < -0.4 is 0 Å². The van der Waals surface area contributed by atoms with Crippen LogP contribution in [-0.4, -0.2) is 4.57 Å². The summed E-state index contributed by atoms with van der Waals surface area (Å²) >= 11 is 0. The number of benzene rings is 9. The summed E-state index contributed by atoms with van der Waals surface area (Å²) in [6.07, 6.45) is 0. The predicted molar refractivity (Wildman–Crippen MR) is 227 cm³/mol. The molecule has 0 aliphatic carbocycles. The zero-order valence-corrected chi connectivity index (χ0v) is 29.7. The van der Waals surface area contributed by atoms with Gasteiger partial charge < -0.3 is 4.57 Å². The first-order chi connectivity index (χ1) is 27.2. The third kappa shape index (κ3) is 5.35. The van der Waals surface area contributed by atoms with Gasteiger partial charge in [0.25, 0.3) is 0 Å². The van der Waals surface area contributed by atoms with E-state index < -0.39 is 0 Å². The minimum absolute atomic E-state index is 0.554. The molecule has 3 heteroatoms. The number of fused-ring (bicyclic) bond motifs is 5. The van der Waals surface area contributed by atoms with Crippen molar-refractivity contribution < 1.29 is 0 Å². The van der Waals surface area contributed by atoms with E-state index in [0.29, 0.717) is 11.1 Å². The summed E-state index contributed by atoms with van der Waals surface area (Å²) in [5.41, 5.74) is 12.6. The molecule has 0 fully saturated rings. The van der Waals surface area contributed by atoms with Gasteiger partial charge in [0, 0.05) is 16.5 Å². The highest BCUT2D eigenvalue weighted by molar-refractivity contribution is 6.21. The number of hydrogen-bond acceptors (Lipinski definition) is 2. The summed E-state index contributed by atoms with van der Waals surface area (Å²) in [5, 5.41) is 27.7. The van der Waals surface area contributed by atoms with Crippen LogP contribution in [-0.2, 0) is 0 Å². The molecule has 10 rings (SSSR count). The van der Waals surface area contributed by atoms with Crippen molar-refractivity contribution in [3.63, 3.8) is 0 Å². The molecule has 0 radical (unpaired) electrons. The van der Waals surface area contributed by atoms with Crippen LogP contribution in [0.4, 0.5) is 0 Å². The number of aromatic nitrogens is 1. The quantitative estimate of drug-likeness (QED) is 0.168. The Bertz CT molecular complexity index is 3120. The molecule has 0 aliphatic heterocycles. The minimum atomic E-state index is 0.554. The topological polar surface area (TPSA) is 52.5 Å². The molecule has 0 saturated heterocycles. The Morgan fingerprint density at radius 1 is 0.309 bits per heavy atom. The van der Waals surface area contributed by atoms with Gasteiger partial charge in [0.15, 0.2) is 0 Å². The SMILES string of the molecule is N#Cc1cc(-c2cccc(-c3c4ccccc4c(-c4ccccc4)c4ccccc34)c2)cc(-c2cc(C#N)cc(-n3c4ccccc4c4ccccc43)c2)c1. The van der Waals surface area contributed by atoms with E-state index in [2.05, 4.69) is 168 Å². The monoisotopic (exact) mass is 697 g/mol. The van der Waals surface area contributed by atoms with Crippen LogP contribution in [0.15, 0.2) is 188 Å². The average molecular weight is 698 g/mol. The Morgan fingerprint density at radius 2 is 0.709 bits per heavy atom. The second-order valence-corrected chi connectivity index (χ2v) is 13.9. The number of hydrogen-bond donors (Lipinski definition) is 0. The van der Waals surface area contributed by atoms with Crippen molar-refractivity contribution in [3.05, 3.63) is 199 Å². The summed E-state index contributed by atoms with van der Waals surface area (Å²) in [7, 11) is 0. The van der Waals surface area contributed by atoms with Crippen LogP contribution in [0, 0.1) is 22.7 Å². The lowest BCUT2D eigenvalue weighted by atomic mass is 9.85. The number of nitriles is 2. The van der Waals surface area contributed by atoms with Crippen LogP contribution in [0.2, 0.25) is 0 Å². The molecule has 55 heavy (non-hydrogen) atoms. The summed E-state index contributed by atoms with van der Waals surface area (Å²) in [4.78, 5) is 0. The van der Waals surface area contributed by atoms with Crippen molar-refractivity contribution in [1.29, 1.82) is 10.5 Å². The number of para-hydroxylation sites is 2. The smallest absolute Gasteiger partial charge is 0.0992 e. The second kappa shape index (κ2) is 13.0. The molecular formula is C52H31N3. The number of nitrogens with zero attached hydrogens (tertiary/aromatic N) is 3. The fourth-order valence-electron chi connectivity index (χ4n) is 8.41. The van der Waals surface area contributed by atoms with E-state index in [-0.39, 0.29) is 0 Å². The molecule has 1 heterocycles. The standard InChI is InChI=1S/C52H31N3/c53-32-34-25-39(30-40(26-34)41-27-35(33-54)28-42(31-41)55-49-23-10-8-17-43(49)44-18-9-11-24-50(44)55)37-15-12-16-38(29-37)52-47-21-6-4-19-45(47)51(36-13-2-1-3-14-36)46-20-5-7-22-48(46)52/h1-31H. The first-order valence-electron chi connectivity index (χ1n) is 18.4. The fourth-order valence-corrected chi connectivity index (χ4v) is 8.41. The maximum absolute atomic E-state index is 10.3. The van der Waals surface area contributed by atoms with Gasteiger partial charge in [-0.05, 0) is 121 Å². The molecule has 10 aromatic rings. The van der Waals surface area contributed by atoms with Crippen LogP contribution in [0.5, 0.6) is 0 Å². The van der Waals surface area contributed by atoms with E-state index in [9.17, 15) is 10.5 Å². The lowest BCUT2D eigenvalue weighted by Gasteiger charge is -2.18. The first kappa shape index (κ1) is 32.0. The van der Waals surface area contributed by atoms with Gasteiger partial charge in [0.05, 0.1) is 34.3 Å². The van der Waals surface area contributed by atoms with E-state index in [4.69, 9.17) is 0 Å². The maximum Gasteiger partial charge on any atom is 0.0992 e. The molecule has 0 saturated carbocycles. The molecule has 3 nitrogen and oxygen atoms in total. The van der Waals surface area contributed by atoms with Crippen molar-refractivity contribution in [2.75, 3.05) is 0 Å².